The Labute approximate surface area is 90.6 Å². The van der Waals surface area contributed by atoms with Crippen molar-refractivity contribution in [1.29, 1.82) is 0 Å². The minimum atomic E-state index is -4.53. The van der Waals surface area contributed by atoms with Gasteiger partial charge in [0.05, 0.1) is 5.56 Å². The second kappa shape index (κ2) is 4.55. The van der Waals surface area contributed by atoms with Gasteiger partial charge in [0.15, 0.2) is 0 Å². The lowest BCUT2D eigenvalue weighted by molar-refractivity contribution is -0.137. The molecule has 0 unspecified atom stereocenters. The van der Waals surface area contributed by atoms with Crippen molar-refractivity contribution in [2.24, 2.45) is 5.73 Å². The summed E-state index contributed by atoms with van der Waals surface area (Å²) in [5.41, 5.74) is 5.10. The van der Waals surface area contributed by atoms with Crippen molar-refractivity contribution in [3.63, 3.8) is 0 Å². The third kappa shape index (κ3) is 3.56. The normalized spacial score (nSPS) is 12.9. The Hall–Kier alpha value is -1.52. The number of hydrogen-bond donors (Lipinski definition) is 1. The van der Waals surface area contributed by atoms with Crippen LogP contribution in [-0.2, 0) is 12.6 Å². The van der Waals surface area contributed by atoms with E-state index in [-0.39, 0.29) is 12.0 Å². The maximum absolute atomic E-state index is 12.9. The van der Waals surface area contributed by atoms with E-state index in [1.54, 1.807) is 6.92 Å². The SMILES string of the molecule is C/C(N)=C\Cc1cc(F)cc(C(F)(F)F)c1. The molecule has 0 amide bonds. The first-order valence-corrected chi connectivity index (χ1v) is 4.58. The third-order valence-electron chi connectivity index (χ3n) is 1.94. The van der Waals surface area contributed by atoms with Crippen LogP contribution in [-0.4, -0.2) is 0 Å². The Morgan fingerprint density at radius 3 is 2.44 bits per heavy atom. The van der Waals surface area contributed by atoms with Crippen molar-refractivity contribution < 1.29 is 17.6 Å². The van der Waals surface area contributed by atoms with Crippen LogP contribution < -0.4 is 5.73 Å². The van der Waals surface area contributed by atoms with Crippen molar-refractivity contribution in [3.05, 3.63) is 46.9 Å². The van der Waals surface area contributed by atoms with E-state index in [0.29, 0.717) is 11.8 Å². The summed E-state index contributed by atoms with van der Waals surface area (Å²) < 4.78 is 50.0. The number of halogens is 4. The van der Waals surface area contributed by atoms with Gasteiger partial charge >= 0.3 is 6.18 Å². The van der Waals surface area contributed by atoms with Crippen LogP contribution in [0.2, 0.25) is 0 Å². The zero-order valence-electron chi connectivity index (χ0n) is 8.61. The molecular formula is C11H11F4N. The van der Waals surface area contributed by atoms with E-state index in [1.165, 1.54) is 6.08 Å². The van der Waals surface area contributed by atoms with E-state index >= 15 is 0 Å². The fraction of sp³-hybridized carbons (Fsp3) is 0.273. The predicted octanol–water partition coefficient (Wildman–Crippen LogP) is 3.25. The van der Waals surface area contributed by atoms with Crippen LogP contribution in [0.15, 0.2) is 30.0 Å². The molecule has 1 nitrogen and oxygen atoms in total. The van der Waals surface area contributed by atoms with E-state index < -0.39 is 17.6 Å². The monoisotopic (exact) mass is 233 g/mol. The number of rotatable bonds is 2. The zero-order chi connectivity index (χ0) is 12.3. The maximum Gasteiger partial charge on any atom is 0.416 e. The van der Waals surface area contributed by atoms with Gasteiger partial charge in [0.2, 0.25) is 0 Å². The minimum absolute atomic E-state index is 0.184. The molecule has 2 N–H and O–H groups in total. The molecule has 0 fully saturated rings. The molecule has 16 heavy (non-hydrogen) atoms. The van der Waals surface area contributed by atoms with Gasteiger partial charge in [0.25, 0.3) is 0 Å². The Bertz CT molecular complexity index is 403. The Kier molecular flexibility index (Phi) is 3.57. The summed E-state index contributed by atoms with van der Waals surface area (Å²) in [4.78, 5) is 0. The lowest BCUT2D eigenvalue weighted by Crippen LogP contribution is -2.06. The maximum atomic E-state index is 12.9. The number of benzene rings is 1. The molecule has 1 rings (SSSR count). The van der Waals surface area contributed by atoms with Crippen LogP contribution in [0.4, 0.5) is 17.6 Å². The molecule has 0 spiro atoms. The number of nitrogens with two attached hydrogens (primary N) is 1. The summed E-state index contributed by atoms with van der Waals surface area (Å²) in [6.07, 6.45) is -2.81. The van der Waals surface area contributed by atoms with Crippen LogP contribution in [0.5, 0.6) is 0 Å². The third-order valence-corrected chi connectivity index (χ3v) is 1.94. The van der Waals surface area contributed by atoms with E-state index in [4.69, 9.17) is 5.73 Å². The van der Waals surface area contributed by atoms with Crippen molar-refractivity contribution >= 4 is 0 Å². The van der Waals surface area contributed by atoms with E-state index in [9.17, 15) is 17.6 Å². The first-order chi connectivity index (χ1) is 7.29. The van der Waals surface area contributed by atoms with Gasteiger partial charge in [-0.2, -0.15) is 13.2 Å². The molecule has 0 heterocycles. The fourth-order valence-corrected chi connectivity index (χ4v) is 1.21. The van der Waals surface area contributed by atoms with Crippen LogP contribution in [0, 0.1) is 5.82 Å². The Morgan fingerprint density at radius 2 is 1.94 bits per heavy atom. The van der Waals surface area contributed by atoms with Crippen molar-refractivity contribution in [2.75, 3.05) is 0 Å². The standard InChI is InChI=1S/C11H11F4N/c1-7(16)2-3-8-4-9(11(13,14)15)6-10(12)5-8/h2,4-6H,3,16H2,1H3/b7-2+. The molecule has 0 aromatic heterocycles. The van der Waals surface area contributed by atoms with Crippen LogP contribution in [0.3, 0.4) is 0 Å². The molecule has 5 heteroatoms. The molecule has 0 aliphatic rings. The average molecular weight is 233 g/mol. The molecule has 0 atom stereocenters. The van der Waals surface area contributed by atoms with Crippen LogP contribution in [0.25, 0.3) is 0 Å². The molecular weight excluding hydrogens is 222 g/mol. The van der Waals surface area contributed by atoms with Gasteiger partial charge in [-0.15, -0.1) is 0 Å². The molecule has 0 saturated carbocycles. The lowest BCUT2D eigenvalue weighted by atomic mass is 10.1. The smallest absolute Gasteiger partial charge is 0.403 e. The minimum Gasteiger partial charge on any atom is -0.403 e. The van der Waals surface area contributed by atoms with Crippen LogP contribution in [0.1, 0.15) is 18.1 Å². The molecule has 1 aromatic rings. The van der Waals surface area contributed by atoms with Crippen molar-refractivity contribution in [3.8, 4) is 0 Å². The summed E-state index contributed by atoms with van der Waals surface area (Å²) in [6, 6.07) is 2.46. The Balaban J connectivity index is 3.04. The summed E-state index contributed by atoms with van der Waals surface area (Å²) in [5, 5.41) is 0. The Morgan fingerprint density at radius 1 is 1.31 bits per heavy atom. The first-order valence-electron chi connectivity index (χ1n) is 4.58. The molecule has 88 valence electrons. The van der Waals surface area contributed by atoms with Gasteiger partial charge in [-0.1, -0.05) is 6.08 Å². The first kappa shape index (κ1) is 12.5. The largest absolute Gasteiger partial charge is 0.416 e. The second-order valence-electron chi connectivity index (χ2n) is 3.50. The van der Waals surface area contributed by atoms with Gasteiger partial charge < -0.3 is 5.73 Å². The van der Waals surface area contributed by atoms with Gasteiger partial charge in [-0.25, -0.2) is 4.39 Å². The average Bonchev–Trinajstić information content (AvgIpc) is 2.12. The van der Waals surface area contributed by atoms with Gasteiger partial charge in [-0.05, 0) is 37.1 Å². The topological polar surface area (TPSA) is 26.0 Å². The molecule has 0 aliphatic carbocycles. The quantitative estimate of drug-likeness (QED) is 0.779. The van der Waals surface area contributed by atoms with Gasteiger partial charge in [0, 0.05) is 5.70 Å². The number of allylic oxidation sites excluding steroid dienone is 2. The summed E-state index contributed by atoms with van der Waals surface area (Å²) >= 11 is 0. The van der Waals surface area contributed by atoms with E-state index in [2.05, 4.69) is 0 Å². The van der Waals surface area contributed by atoms with Crippen LogP contribution >= 0.6 is 0 Å². The summed E-state index contributed by atoms with van der Waals surface area (Å²) in [5.74, 6) is -0.895. The molecule has 0 aliphatic heterocycles. The molecule has 0 radical (unpaired) electrons. The van der Waals surface area contributed by atoms with Gasteiger partial charge in [0.1, 0.15) is 5.82 Å². The number of hydrogen-bond acceptors (Lipinski definition) is 1. The highest BCUT2D eigenvalue weighted by atomic mass is 19.4. The number of alkyl halides is 3. The molecule has 1 aromatic carbocycles. The second-order valence-corrected chi connectivity index (χ2v) is 3.50. The van der Waals surface area contributed by atoms with Crippen molar-refractivity contribution in [1.82, 2.24) is 0 Å². The zero-order valence-corrected chi connectivity index (χ0v) is 8.61. The summed E-state index contributed by atoms with van der Waals surface area (Å²) in [6.45, 7) is 1.62. The van der Waals surface area contributed by atoms with E-state index in [1.807, 2.05) is 0 Å². The highest BCUT2D eigenvalue weighted by Gasteiger charge is 2.31. The highest BCUT2D eigenvalue weighted by molar-refractivity contribution is 5.28. The molecule has 0 bridgehead atoms. The van der Waals surface area contributed by atoms with E-state index in [0.717, 1.165) is 12.1 Å². The highest BCUT2D eigenvalue weighted by Crippen LogP contribution is 2.30. The summed E-state index contributed by atoms with van der Waals surface area (Å²) in [7, 11) is 0. The predicted molar refractivity (Wildman–Crippen MR) is 53.1 cm³/mol. The fourth-order valence-electron chi connectivity index (χ4n) is 1.21. The lowest BCUT2D eigenvalue weighted by Gasteiger charge is -2.08. The molecule has 0 saturated heterocycles. The van der Waals surface area contributed by atoms with Crippen molar-refractivity contribution in [2.45, 2.75) is 19.5 Å². The van der Waals surface area contributed by atoms with Gasteiger partial charge in [-0.3, -0.25) is 0 Å².